The van der Waals surface area contributed by atoms with Gasteiger partial charge in [0.15, 0.2) is 11.5 Å². The Balaban J connectivity index is 1.94. The number of hydrogen-bond acceptors (Lipinski definition) is 4. The summed E-state index contributed by atoms with van der Waals surface area (Å²) in [5, 5.41) is 12.1. The quantitative estimate of drug-likeness (QED) is 0.576. The number of carbonyl (C=O) groups is 1. The van der Waals surface area contributed by atoms with Crippen molar-refractivity contribution in [1.29, 1.82) is 0 Å². The van der Waals surface area contributed by atoms with Gasteiger partial charge in [0.05, 0.1) is 25.5 Å². The van der Waals surface area contributed by atoms with Crippen molar-refractivity contribution >= 4 is 11.4 Å². The van der Waals surface area contributed by atoms with Crippen molar-refractivity contribution in [3.05, 3.63) is 59.9 Å². The lowest BCUT2D eigenvalue weighted by molar-refractivity contribution is 0.0582. The summed E-state index contributed by atoms with van der Waals surface area (Å²) in [5.41, 5.74) is 0.251. The normalized spacial score (nSPS) is 13.3. The molecule has 3 aromatic rings. The molecule has 160 valence electrons. The molecule has 3 rings (SSSR count). The molecular weight excluding hydrogens is 394 g/mol. The third-order valence-corrected chi connectivity index (χ3v) is 4.81. The maximum atomic E-state index is 12.9. The van der Waals surface area contributed by atoms with Crippen molar-refractivity contribution in [2.24, 2.45) is 0 Å². The van der Waals surface area contributed by atoms with E-state index in [1.807, 2.05) is 18.2 Å². The number of hydrogen-bond donors (Lipinski definition) is 2. The van der Waals surface area contributed by atoms with Crippen molar-refractivity contribution in [3.63, 3.8) is 0 Å². The Labute approximate surface area is 173 Å². The second-order valence-electron chi connectivity index (χ2n) is 7.36. The van der Waals surface area contributed by atoms with Gasteiger partial charge in [-0.3, -0.25) is 4.79 Å². The first-order valence-electron chi connectivity index (χ1n) is 9.40. The molecule has 2 aromatic heterocycles. The zero-order valence-corrected chi connectivity index (χ0v) is 17.0. The van der Waals surface area contributed by atoms with Crippen LogP contribution in [0.2, 0.25) is 0 Å². The van der Waals surface area contributed by atoms with E-state index >= 15 is 0 Å². The lowest BCUT2D eigenvalue weighted by atomic mass is 9.99. The summed E-state index contributed by atoms with van der Waals surface area (Å²) in [6.45, 7) is 2.54. The van der Waals surface area contributed by atoms with Crippen LogP contribution in [0.25, 0.3) is 5.52 Å². The number of aliphatic hydroxyl groups is 1. The third-order valence-electron chi connectivity index (χ3n) is 4.81. The number of halogens is 2. The maximum Gasteiger partial charge on any atom is 0.269 e. The smallest absolute Gasteiger partial charge is 0.269 e. The number of alkyl halides is 2. The number of ether oxygens (including phenoxy) is 2. The molecule has 0 spiro atoms. The van der Waals surface area contributed by atoms with Gasteiger partial charge in [0.25, 0.3) is 5.91 Å². The molecule has 30 heavy (non-hydrogen) atoms. The molecule has 0 saturated carbocycles. The summed E-state index contributed by atoms with van der Waals surface area (Å²) in [6.07, 6.45) is -1.67. The number of methoxy groups -OCH3 is 1. The minimum absolute atomic E-state index is 0.282. The van der Waals surface area contributed by atoms with Gasteiger partial charge in [-0.2, -0.15) is 0 Å². The highest BCUT2D eigenvalue weighted by molar-refractivity contribution is 5.96. The second-order valence-corrected chi connectivity index (χ2v) is 7.36. The van der Waals surface area contributed by atoms with Crippen molar-refractivity contribution in [2.45, 2.75) is 32.2 Å². The molecule has 0 aliphatic rings. The highest BCUT2D eigenvalue weighted by Crippen LogP contribution is 2.31. The van der Waals surface area contributed by atoms with Crippen LogP contribution in [0.1, 0.15) is 29.4 Å². The predicted octanol–water partition coefficient (Wildman–Crippen LogP) is 4.18. The van der Waals surface area contributed by atoms with Crippen LogP contribution in [0.4, 0.5) is 8.78 Å². The third kappa shape index (κ3) is 4.54. The lowest BCUT2D eigenvalue weighted by Gasteiger charge is -2.28. The topological polar surface area (TPSA) is 72.2 Å². The van der Waals surface area contributed by atoms with E-state index in [2.05, 4.69) is 5.32 Å². The highest BCUT2D eigenvalue weighted by atomic mass is 19.3. The van der Waals surface area contributed by atoms with Crippen molar-refractivity contribution in [3.8, 4) is 17.2 Å². The molecule has 1 amide bonds. The molecule has 1 atom stereocenters. The number of benzene rings is 1. The Morgan fingerprint density at radius 3 is 2.57 bits per heavy atom. The number of amides is 1. The van der Waals surface area contributed by atoms with Gasteiger partial charge in [-0.25, -0.2) is 8.78 Å². The molecule has 0 aliphatic carbocycles. The molecule has 1 unspecified atom stereocenters. The summed E-state index contributed by atoms with van der Waals surface area (Å²) in [5.74, 6) is 0.984. The van der Waals surface area contributed by atoms with Gasteiger partial charge in [-0.05, 0) is 49.7 Å². The number of rotatable bonds is 8. The van der Waals surface area contributed by atoms with E-state index in [0.29, 0.717) is 22.8 Å². The van der Waals surface area contributed by atoms with Gasteiger partial charge in [-0.15, -0.1) is 0 Å². The highest BCUT2D eigenvalue weighted by Gasteiger charge is 2.31. The van der Waals surface area contributed by atoms with E-state index in [0.717, 1.165) is 5.52 Å². The fourth-order valence-corrected chi connectivity index (χ4v) is 3.29. The standard InChI is InChI=1S/C22H24F2N2O4/c1-14-10-15-8-9-16(30-18-7-5-4-6-17(18)29-3)12-26(15)20(14)21(28)25-22(2,13-27)11-19(23)24/h4-10,12,19,27H,11,13H2,1-3H3,(H,25,28). The summed E-state index contributed by atoms with van der Waals surface area (Å²) in [4.78, 5) is 12.9. The van der Waals surface area contributed by atoms with E-state index < -0.39 is 30.9 Å². The number of pyridine rings is 1. The van der Waals surface area contributed by atoms with Crippen LogP contribution < -0.4 is 14.8 Å². The maximum absolute atomic E-state index is 12.9. The zero-order valence-electron chi connectivity index (χ0n) is 17.0. The fraction of sp³-hybridized carbons (Fsp3) is 0.318. The summed E-state index contributed by atoms with van der Waals surface area (Å²) < 4.78 is 38.6. The summed E-state index contributed by atoms with van der Waals surface area (Å²) >= 11 is 0. The molecular formula is C22H24F2N2O4. The molecule has 0 aliphatic heterocycles. The summed E-state index contributed by atoms with van der Waals surface area (Å²) in [7, 11) is 1.54. The van der Waals surface area contributed by atoms with Crippen LogP contribution in [0.3, 0.4) is 0 Å². The van der Waals surface area contributed by atoms with Gasteiger partial charge < -0.3 is 24.3 Å². The minimum atomic E-state index is -2.66. The zero-order chi connectivity index (χ0) is 21.9. The van der Waals surface area contributed by atoms with Crippen LogP contribution in [-0.2, 0) is 0 Å². The average Bonchev–Trinajstić information content (AvgIpc) is 3.03. The van der Waals surface area contributed by atoms with Crippen molar-refractivity contribution in [1.82, 2.24) is 9.72 Å². The molecule has 8 heteroatoms. The molecule has 2 heterocycles. The van der Waals surface area contributed by atoms with Crippen molar-refractivity contribution < 1.29 is 28.2 Å². The molecule has 0 bridgehead atoms. The number of carbonyl (C=O) groups excluding carboxylic acids is 1. The Kier molecular flexibility index (Phi) is 6.26. The SMILES string of the molecule is COc1ccccc1Oc1ccc2cc(C)c(C(=O)NC(C)(CO)CC(F)F)n2c1. The first-order chi connectivity index (χ1) is 14.3. The van der Waals surface area contributed by atoms with Crippen LogP contribution in [0, 0.1) is 6.92 Å². The monoisotopic (exact) mass is 418 g/mol. The number of para-hydroxylation sites is 2. The molecule has 1 aromatic carbocycles. The first kappa shape index (κ1) is 21.6. The molecule has 0 radical (unpaired) electrons. The largest absolute Gasteiger partial charge is 0.493 e. The van der Waals surface area contributed by atoms with Crippen LogP contribution in [0.15, 0.2) is 48.7 Å². The van der Waals surface area contributed by atoms with E-state index in [1.54, 1.807) is 48.9 Å². The van der Waals surface area contributed by atoms with E-state index in [4.69, 9.17) is 9.47 Å². The van der Waals surface area contributed by atoms with E-state index in [9.17, 15) is 18.7 Å². The van der Waals surface area contributed by atoms with Crippen molar-refractivity contribution in [2.75, 3.05) is 13.7 Å². The fourth-order valence-electron chi connectivity index (χ4n) is 3.29. The minimum Gasteiger partial charge on any atom is -0.493 e. The van der Waals surface area contributed by atoms with Gasteiger partial charge in [0.2, 0.25) is 6.43 Å². The number of aliphatic hydroxyl groups excluding tert-OH is 1. The Hall–Kier alpha value is -3.13. The Morgan fingerprint density at radius 1 is 1.23 bits per heavy atom. The molecule has 6 nitrogen and oxygen atoms in total. The number of nitrogens with zero attached hydrogens (tertiary/aromatic N) is 1. The second kappa shape index (κ2) is 8.71. The van der Waals surface area contributed by atoms with Crippen LogP contribution >= 0.6 is 0 Å². The number of nitrogens with one attached hydrogen (secondary N) is 1. The average molecular weight is 418 g/mol. The lowest BCUT2D eigenvalue weighted by Crippen LogP contribution is -2.50. The molecule has 2 N–H and O–H groups in total. The number of aromatic nitrogens is 1. The predicted molar refractivity (Wildman–Crippen MR) is 109 cm³/mol. The van der Waals surface area contributed by atoms with Crippen LogP contribution in [0.5, 0.6) is 17.2 Å². The van der Waals surface area contributed by atoms with E-state index in [-0.39, 0.29) is 5.69 Å². The first-order valence-corrected chi connectivity index (χ1v) is 9.40. The number of fused-ring (bicyclic) bond motifs is 1. The van der Waals surface area contributed by atoms with Gasteiger partial charge in [0, 0.05) is 11.9 Å². The Morgan fingerprint density at radius 2 is 1.93 bits per heavy atom. The number of aryl methyl sites for hydroxylation is 1. The van der Waals surface area contributed by atoms with Crippen LogP contribution in [-0.4, -0.2) is 41.1 Å². The van der Waals surface area contributed by atoms with Gasteiger partial charge in [0.1, 0.15) is 11.4 Å². The van der Waals surface area contributed by atoms with Gasteiger partial charge >= 0.3 is 0 Å². The Bertz CT molecular complexity index is 1050. The molecule has 0 saturated heterocycles. The van der Waals surface area contributed by atoms with E-state index in [1.165, 1.54) is 6.92 Å². The summed E-state index contributed by atoms with van der Waals surface area (Å²) in [6, 6.07) is 12.5. The molecule has 0 fully saturated rings. The van der Waals surface area contributed by atoms with Gasteiger partial charge in [-0.1, -0.05) is 12.1 Å².